The Balaban J connectivity index is 2.66. The monoisotopic (exact) mass is 241 g/mol. The molecule has 4 heteroatoms. The van der Waals surface area contributed by atoms with Gasteiger partial charge in [-0.1, -0.05) is 12.8 Å². The number of carboxylic acids is 1. The van der Waals surface area contributed by atoms with Gasteiger partial charge in [0.2, 0.25) is 5.91 Å². The molecular formula is C13H23NO3. The minimum absolute atomic E-state index is 0.109. The van der Waals surface area contributed by atoms with Crippen molar-refractivity contribution in [3.05, 3.63) is 0 Å². The molecule has 0 bridgehead atoms. The zero-order valence-corrected chi connectivity index (χ0v) is 10.9. The summed E-state index contributed by atoms with van der Waals surface area (Å²) in [6, 6.07) is 0. The van der Waals surface area contributed by atoms with Crippen LogP contribution >= 0.6 is 0 Å². The summed E-state index contributed by atoms with van der Waals surface area (Å²) < 4.78 is 0. The van der Waals surface area contributed by atoms with Crippen molar-refractivity contribution in [1.29, 1.82) is 0 Å². The lowest BCUT2D eigenvalue weighted by Crippen LogP contribution is -2.35. The number of carbonyl (C=O) groups is 2. The summed E-state index contributed by atoms with van der Waals surface area (Å²) in [4.78, 5) is 24.8. The van der Waals surface area contributed by atoms with E-state index in [4.69, 9.17) is 5.11 Å². The van der Waals surface area contributed by atoms with Gasteiger partial charge in [0.05, 0.1) is 6.42 Å². The summed E-state index contributed by atoms with van der Waals surface area (Å²) >= 11 is 0. The first-order chi connectivity index (χ1) is 8.03. The highest BCUT2D eigenvalue weighted by molar-refractivity contribution is 5.78. The molecule has 0 spiro atoms. The van der Waals surface area contributed by atoms with Gasteiger partial charge >= 0.3 is 5.97 Å². The molecule has 0 radical (unpaired) electrons. The van der Waals surface area contributed by atoms with Crippen LogP contribution in [0.25, 0.3) is 0 Å². The summed E-state index contributed by atoms with van der Waals surface area (Å²) in [7, 11) is 0. The Kier molecular flexibility index (Phi) is 4.97. The Hall–Kier alpha value is -1.06. The highest BCUT2D eigenvalue weighted by atomic mass is 16.4. The maximum Gasteiger partial charge on any atom is 0.303 e. The van der Waals surface area contributed by atoms with E-state index in [1.165, 1.54) is 0 Å². The molecule has 0 atom stereocenters. The third kappa shape index (κ3) is 3.72. The average Bonchev–Trinajstić information content (AvgIpc) is 2.66. The van der Waals surface area contributed by atoms with E-state index >= 15 is 0 Å². The lowest BCUT2D eigenvalue weighted by molar-refractivity contribution is -0.141. The van der Waals surface area contributed by atoms with E-state index in [0.717, 1.165) is 25.7 Å². The van der Waals surface area contributed by atoms with E-state index in [-0.39, 0.29) is 17.7 Å². The Bertz CT molecular complexity index is 278. The summed E-state index contributed by atoms with van der Waals surface area (Å²) in [5.41, 5.74) is -0.272. The molecular weight excluding hydrogens is 218 g/mol. The normalized spacial score (nSPS) is 18.0. The van der Waals surface area contributed by atoms with Crippen LogP contribution in [-0.2, 0) is 9.59 Å². The SMILES string of the molecule is CCN(CC)C(=O)CC1(CC(=O)O)CCCC1. The first kappa shape index (κ1) is 14.0. The molecule has 0 heterocycles. The van der Waals surface area contributed by atoms with Gasteiger partial charge in [0.25, 0.3) is 0 Å². The van der Waals surface area contributed by atoms with Crippen LogP contribution in [0.1, 0.15) is 52.4 Å². The zero-order chi connectivity index (χ0) is 12.9. The standard InChI is InChI=1S/C13H23NO3/c1-3-14(4-2)11(15)9-13(10-12(16)17)7-5-6-8-13/h3-10H2,1-2H3,(H,16,17). The van der Waals surface area contributed by atoms with Gasteiger partial charge in [0, 0.05) is 19.5 Å². The van der Waals surface area contributed by atoms with Gasteiger partial charge in [-0.25, -0.2) is 0 Å². The third-order valence-corrected chi connectivity index (χ3v) is 3.83. The third-order valence-electron chi connectivity index (χ3n) is 3.83. The summed E-state index contributed by atoms with van der Waals surface area (Å²) in [5, 5.41) is 8.98. The second-order valence-electron chi connectivity index (χ2n) is 5.02. The molecule has 1 saturated carbocycles. The number of rotatable bonds is 6. The molecule has 1 aliphatic rings. The minimum atomic E-state index is -0.778. The molecule has 17 heavy (non-hydrogen) atoms. The lowest BCUT2D eigenvalue weighted by Gasteiger charge is -2.29. The van der Waals surface area contributed by atoms with Crippen LogP contribution in [-0.4, -0.2) is 35.0 Å². The zero-order valence-electron chi connectivity index (χ0n) is 10.9. The van der Waals surface area contributed by atoms with E-state index < -0.39 is 5.97 Å². The largest absolute Gasteiger partial charge is 0.481 e. The number of hydrogen-bond acceptors (Lipinski definition) is 2. The molecule has 0 saturated heterocycles. The molecule has 4 nitrogen and oxygen atoms in total. The lowest BCUT2D eigenvalue weighted by atomic mass is 9.79. The number of carboxylic acid groups (broad SMARTS) is 1. The first-order valence-corrected chi connectivity index (χ1v) is 6.52. The fourth-order valence-electron chi connectivity index (χ4n) is 2.87. The average molecular weight is 241 g/mol. The molecule has 0 aromatic heterocycles. The van der Waals surface area contributed by atoms with E-state index in [2.05, 4.69) is 0 Å². The maximum absolute atomic E-state index is 12.1. The van der Waals surface area contributed by atoms with Gasteiger partial charge in [-0.05, 0) is 32.1 Å². The molecule has 0 unspecified atom stereocenters. The van der Waals surface area contributed by atoms with E-state index in [1.54, 1.807) is 4.90 Å². The molecule has 0 aliphatic heterocycles. The number of amides is 1. The van der Waals surface area contributed by atoms with Gasteiger partial charge in [0.1, 0.15) is 0 Å². The van der Waals surface area contributed by atoms with Gasteiger partial charge in [0.15, 0.2) is 0 Å². The highest BCUT2D eigenvalue weighted by Gasteiger charge is 2.38. The van der Waals surface area contributed by atoms with Gasteiger partial charge in [-0.15, -0.1) is 0 Å². The second kappa shape index (κ2) is 6.03. The van der Waals surface area contributed by atoms with E-state index in [1.807, 2.05) is 13.8 Å². The molecule has 0 aromatic rings. The molecule has 1 fully saturated rings. The van der Waals surface area contributed by atoms with Crippen LogP contribution in [0, 0.1) is 5.41 Å². The van der Waals surface area contributed by atoms with Crippen molar-refractivity contribution in [3.8, 4) is 0 Å². The van der Waals surface area contributed by atoms with Gasteiger partial charge in [-0.2, -0.15) is 0 Å². The Labute approximate surface area is 103 Å². The van der Waals surface area contributed by atoms with Crippen molar-refractivity contribution in [2.75, 3.05) is 13.1 Å². The predicted molar refractivity (Wildman–Crippen MR) is 65.7 cm³/mol. The van der Waals surface area contributed by atoms with Crippen molar-refractivity contribution in [2.45, 2.75) is 52.4 Å². The Morgan fingerprint density at radius 3 is 2.06 bits per heavy atom. The molecule has 0 aromatic carbocycles. The topological polar surface area (TPSA) is 57.6 Å². The number of aliphatic carboxylic acids is 1. The second-order valence-corrected chi connectivity index (χ2v) is 5.02. The molecule has 1 amide bonds. The first-order valence-electron chi connectivity index (χ1n) is 6.52. The summed E-state index contributed by atoms with van der Waals surface area (Å²) in [6.45, 7) is 5.33. The van der Waals surface area contributed by atoms with E-state index in [0.29, 0.717) is 19.5 Å². The predicted octanol–water partition coefficient (Wildman–Crippen LogP) is 2.28. The molecule has 1 N–H and O–H groups in total. The van der Waals surface area contributed by atoms with Gasteiger partial charge in [-0.3, -0.25) is 9.59 Å². The van der Waals surface area contributed by atoms with Crippen LogP contribution < -0.4 is 0 Å². The minimum Gasteiger partial charge on any atom is -0.481 e. The van der Waals surface area contributed by atoms with Crippen LogP contribution in [0.3, 0.4) is 0 Å². The van der Waals surface area contributed by atoms with Crippen LogP contribution in [0.5, 0.6) is 0 Å². The van der Waals surface area contributed by atoms with Crippen molar-refractivity contribution in [3.63, 3.8) is 0 Å². The maximum atomic E-state index is 12.1. The fraction of sp³-hybridized carbons (Fsp3) is 0.846. The smallest absolute Gasteiger partial charge is 0.303 e. The van der Waals surface area contributed by atoms with Crippen LogP contribution in [0.15, 0.2) is 0 Å². The quantitative estimate of drug-likeness (QED) is 0.776. The molecule has 98 valence electrons. The highest BCUT2D eigenvalue weighted by Crippen LogP contribution is 2.44. The van der Waals surface area contributed by atoms with Gasteiger partial charge < -0.3 is 10.0 Å². The fourth-order valence-corrected chi connectivity index (χ4v) is 2.87. The summed E-state index contributed by atoms with van der Waals surface area (Å²) in [6.07, 6.45) is 4.41. The van der Waals surface area contributed by atoms with Crippen LogP contribution in [0.4, 0.5) is 0 Å². The number of carbonyl (C=O) groups excluding carboxylic acids is 1. The van der Waals surface area contributed by atoms with E-state index in [9.17, 15) is 9.59 Å². The number of nitrogens with zero attached hydrogens (tertiary/aromatic N) is 1. The Morgan fingerprint density at radius 1 is 1.12 bits per heavy atom. The summed E-state index contributed by atoms with van der Waals surface area (Å²) in [5.74, 6) is -0.669. The van der Waals surface area contributed by atoms with Crippen LogP contribution in [0.2, 0.25) is 0 Å². The van der Waals surface area contributed by atoms with Crippen molar-refractivity contribution in [2.24, 2.45) is 5.41 Å². The van der Waals surface area contributed by atoms with Crippen molar-refractivity contribution in [1.82, 2.24) is 4.90 Å². The Morgan fingerprint density at radius 2 is 1.65 bits per heavy atom. The van der Waals surface area contributed by atoms with Crippen molar-refractivity contribution < 1.29 is 14.7 Å². The molecule has 1 aliphatic carbocycles. The van der Waals surface area contributed by atoms with Crippen molar-refractivity contribution >= 4 is 11.9 Å². The molecule has 1 rings (SSSR count). The number of hydrogen-bond donors (Lipinski definition) is 1.